The van der Waals surface area contributed by atoms with E-state index in [1.165, 1.54) is 5.56 Å². The monoisotopic (exact) mass is 424 g/mol. The fraction of sp³-hybridized carbons (Fsp3) is 0.400. The molecule has 3 heteroatoms. The summed E-state index contributed by atoms with van der Waals surface area (Å²) in [6, 6.07) is 18.6. The summed E-state index contributed by atoms with van der Waals surface area (Å²) < 4.78 is 12.6. The largest absolute Gasteiger partial charge is 0.465 e. The van der Waals surface area contributed by atoms with Gasteiger partial charge in [-0.3, -0.25) is 0 Å². The van der Waals surface area contributed by atoms with Crippen LogP contribution in [0.5, 0.6) is 5.75 Å². The molecule has 0 amide bonds. The summed E-state index contributed by atoms with van der Waals surface area (Å²) in [4.78, 5) is 0. The van der Waals surface area contributed by atoms with Crippen LogP contribution in [0.4, 0.5) is 0 Å². The molecular weight excluding hydrogens is 399 g/mol. The van der Waals surface area contributed by atoms with Gasteiger partial charge in [-0.05, 0) is 29.7 Å². The highest BCUT2D eigenvalue weighted by atomic mass is 127. The minimum atomic E-state index is -0.248. The average molecular weight is 424 g/mol. The fourth-order valence-electron chi connectivity index (χ4n) is 2.24. The predicted molar refractivity (Wildman–Crippen MR) is 104 cm³/mol. The second-order valence-electron chi connectivity index (χ2n) is 5.97. The normalized spacial score (nSPS) is 13.8. The zero-order valence-corrected chi connectivity index (χ0v) is 16.2. The molecule has 0 radical (unpaired) electrons. The molecule has 2 atom stereocenters. The van der Waals surface area contributed by atoms with Gasteiger partial charge in [0.05, 0.1) is 6.61 Å². The smallest absolute Gasteiger partial charge is 0.202 e. The van der Waals surface area contributed by atoms with Crippen LogP contribution >= 0.6 is 22.6 Å². The number of rotatable bonds is 8. The Labute approximate surface area is 153 Å². The third-order valence-corrected chi connectivity index (χ3v) is 5.25. The Kier molecular flexibility index (Phi) is 7.37. The van der Waals surface area contributed by atoms with E-state index in [4.69, 9.17) is 9.47 Å². The molecule has 2 aromatic rings. The van der Waals surface area contributed by atoms with Crippen molar-refractivity contribution >= 4 is 22.6 Å². The molecule has 0 aliphatic heterocycles. The molecule has 124 valence electrons. The molecule has 2 unspecified atom stereocenters. The van der Waals surface area contributed by atoms with Crippen LogP contribution in [-0.2, 0) is 11.3 Å². The number of halogens is 1. The van der Waals surface area contributed by atoms with Gasteiger partial charge in [0.2, 0.25) is 6.29 Å². The number of alkyl halides is 1. The topological polar surface area (TPSA) is 18.5 Å². The Hall–Kier alpha value is -1.07. The second kappa shape index (κ2) is 9.28. The molecule has 0 bridgehead atoms. The Morgan fingerprint density at radius 1 is 0.957 bits per heavy atom. The maximum atomic E-state index is 6.04. The first-order valence-electron chi connectivity index (χ1n) is 8.16. The summed E-state index contributed by atoms with van der Waals surface area (Å²) in [6.45, 7) is 6.99. The van der Waals surface area contributed by atoms with Gasteiger partial charge in [-0.15, -0.1) is 0 Å². The minimum Gasteiger partial charge on any atom is -0.465 e. The van der Waals surface area contributed by atoms with Crippen LogP contribution in [0.3, 0.4) is 0 Å². The van der Waals surface area contributed by atoms with E-state index in [0.29, 0.717) is 10.5 Å². The van der Waals surface area contributed by atoms with Crippen LogP contribution in [-0.4, -0.2) is 6.29 Å². The van der Waals surface area contributed by atoms with Gasteiger partial charge < -0.3 is 9.47 Å². The number of hydrogen-bond donors (Lipinski definition) is 0. The summed E-state index contributed by atoms with van der Waals surface area (Å²) in [5, 5.41) is 0. The third kappa shape index (κ3) is 5.81. The number of benzene rings is 2. The van der Waals surface area contributed by atoms with Crippen LogP contribution in [0.1, 0.15) is 42.2 Å². The van der Waals surface area contributed by atoms with Crippen molar-refractivity contribution in [2.75, 3.05) is 0 Å². The van der Waals surface area contributed by atoms with Crippen molar-refractivity contribution in [3.63, 3.8) is 0 Å². The zero-order valence-electron chi connectivity index (χ0n) is 14.0. The molecule has 2 rings (SSSR count). The van der Waals surface area contributed by atoms with Gasteiger partial charge in [-0.1, -0.05) is 85.8 Å². The Morgan fingerprint density at radius 2 is 1.61 bits per heavy atom. The van der Waals surface area contributed by atoms with Crippen molar-refractivity contribution in [3.05, 3.63) is 65.7 Å². The van der Waals surface area contributed by atoms with Gasteiger partial charge in [0.15, 0.2) is 0 Å². The lowest BCUT2D eigenvalue weighted by molar-refractivity contribution is -0.116. The van der Waals surface area contributed by atoms with Crippen LogP contribution in [0, 0.1) is 5.92 Å². The predicted octanol–water partition coefficient (Wildman–Crippen LogP) is 6.15. The lowest BCUT2D eigenvalue weighted by Crippen LogP contribution is -2.26. The van der Waals surface area contributed by atoms with Gasteiger partial charge in [0, 0.05) is 9.84 Å². The quantitative estimate of drug-likeness (QED) is 0.288. The van der Waals surface area contributed by atoms with E-state index in [1.54, 1.807) is 0 Å². The molecule has 0 heterocycles. The molecule has 0 N–H and O–H groups in total. The van der Waals surface area contributed by atoms with E-state index in [-0.39, 0.29) is 12.2 Å². The van der Waals surface area contributed by atoms with Gasteiger partial charge in [0.25, 0.3) is 0 Å². The molecule has 0 aromatic heterocycles. The van der Waals surface area contributed by atoms with Crippen molar-refractivity contribution in [1.29, 1.82) is 0 Å². The second-order valence-corrected chi connectivity index (χ2v) is 7.48. The summed E-state index contributed by atoms with van der Waals surface area (Å²) in [6.07, 6.45) is 0.887. The molecule has 0 aliphatic rings. The van der Waals surface area contributed by atoms with Gasteiger partial charge in [-0.25, -0.2) is 0 Å². The fourth-order valence-corrected chi connectivity index (χ4v) is 2.66. The summed E-state index contributed by atoms with van der Waals surface area (Å²) in [5.74, 6) is 1.14. The van der Waals surface area contributed by atoms with Crippen LogP contribution in [0.25, 0.3) is 0 Å². The minimum absolute atomic E-state index is 0.248. The summed E-state index contributed by atoms with van der Waals surface area (Å²) in [5.41, 5.74) is 2.50. The van der Waals surface area contributed by atoms with Gasteiger partial charge >= 0.3 is 0 Å². The van der Waals surface area contributed by atoms with Crippen LogP contribution in [0.15, 0.2) is 54.6 Å². The first kappa shape index (κ1) is 18.3. The van der Waals surface area contributed by atoms with E-state index < -0.39 is 0 Å². The maximum Gasteiger partial charge on any atom is 0.202 e. The van der Waals surface area contributed by atoms with Gasteiger partial charge in [0.1, 0.15) is 5.75 Å². The highest BCUT2D eigenvalue weighted by Crippen LogP contribution is 2.28. The molecule has 0 saturated heterocycles. The van der Waals surface area contributed by atoms with Gasteiger partial charge in [-0.2, -0.15) is 0 Å². The van der Waals surface area contributed by atoms with Crippen molar-refractivity contribution in [3.8, 4) is 5.75 Å². The van der Waals surface area contributed by atoms with Crippen molar-refractivity contribution < 1.29 is 9.47 Å². The molecule has 23 heavy (non-hydrogen) atoms. The maximum absolute atomic E-state index is 6.04. The summed E-state index contributed by atoms with van der Waals surface area (Å²) >= 11 is 2.47. The molecule has 0 fully saturated rings. The molecule has 2 aromatic carbocycles. The van der Waals surface area contributed by atoms with E-state index in [1.807, 2.05) is 30.3 Å². The summed E-state index contributed by atoms with van der Waals surface area (Å²) in [7, 11) is 0. The lowest BCUT2D eigenvalue weighted by Gasteiger charge is -2.23. The van der Waals surface area contributed by atoms with E-state index in [9.17, 15) is 0 Å². The number of hydrogen-bond acceptors (Lipinski definition) is 2. The van der Waals surface area contributed by atoms with Crippen molar-refractivity contribution in [2.24, 2.45) is 5.92 Å². The Balaban J connectivity index is 1.96. The highest BCUT2D eigenvalue weighted by Gasteiger charge is 2.16. The van der Waals surface area contributed by atoms with Crippen LogP contribution < -0.4 is 4.74 Å². The molecule has 0 aliphatic carbocycles. The first-order chi connectivity index (χ1) is 11.1. The average Bonchev–Trinajstić information content (AvgIpc) is 2.59. The molecule has 2 nitrogen and oxygen atoms in total. The standard InChI is InChI=1S/C20H25IO2/c1-4-19(21)17-10-12-18(13-11-17)23-20(15(2)3)22-14-16-8-6-5-7-9-16/h5-13,15,19-20H,4,14H2,1-3H3. The van der Waals surface area contributed by atoms with E-state index >= 15 is 0 Å². The Bertz CT molecular complexity index is 566. The first-order valence-corrected chi connectivity index (χ1v) is 9.41. The molecule has 0 saturated carbocycles. The van der Waals surface area contributed by atoms with E-state index in [2.05, 4.69) is 67.6 Å². The molecule has 0 spiro atoms. The highest BCUT2D eigenvalue weighted by molar-refractivity contribution is 14.1. The van der Waals surface area contributed by atoms with Crippen molar-refractivity contribution in [2.45, 2.75) is 44.0 Å². The van der Waals surface area contributed by atoms with E-state index in [0.717, 1.165) is 17.7 Å². The Morgan fingerprint density at radius 3 is 2.17 bits per heavy atom. The lowest BCUT2D eigenvalue weighted by atomic mass is 10.1. The number of ether oxygens (including phenoxy) is 2. The molecular formula is C20H25IO2. The van der Waals surface area contributed by atoms with Crippen LogP contribution in [0.2, 0.25) is 0 Å². The SMILES string of the molecule is CCC(I)c1ccc(OC(OCc2ccccc2)C(C)C)cc1. The van der Waals surface area contributed by atoms with Crippen molar-refractivity contribution in [1.82, 2.24) is 0 Å². The third-order valence-electron chi connectivity index (χ3n) is 3.65. The zero-order chi connectivity index (χ0) is 16.7.